The number of aromatic nitrogens is 4. The lowest BCUT2D eigenvalue weighted by Crippen LogP contribution is -2.12. The average molecular weight is 382 g/mol. The summed E-state index contributed by atoms with van der Waals surface area (Å²) >= 11 is 0. The number of hydrogen-bond acceptors (Lipinski definition) is 4. The zero-order valence-electron chi connectivity index (χ0n) is 14.4. The lowest BCUT2D eigenvalue weighted by atomic mass is 10.0. The summed E-state index contributed by atoms with van der Waals surface area (Å²) in [4.78, 5) is 20.7. The Morgan fingerprint density at radius 3 is 2.64 bits per heavy atom. The van der Waals surface area contributed by atoms with Gasteiger partial charge in [-0.25, -0.2) is 13.2 Å². The van der Waals surface area contributed by atoms with Crippen LogP contribution in [0.15, 0.2) is 61.1 Å². The molecule has 140 valence electrons. The molecule has 3 heterocycles. The van der Waals surface area contributed by atoms with Crippen molar-refractivity contribution in [1.29, 1.82) is 0 Å². The minimum Gasteiger partial charge on any atom is -0.290 e. The van der Waals surface area contributed by atoms with Gasteiger partial charge < -0.3 is 0 Å². The molecule has 0 atom stereocenters. The molecule has 0 spiro atoms. The molecule has 0 aliphatic carbocycles. The van der Waals surface area contributed by atoms with Crippen molar-refractivity contribution in [3.05, 3.63) is 78.1 Å². The minimum absolute atomic E-state index is 0.0443. The van der Waals surface area contributed by atoms with Gasteiger partial charge in [0.25, 0.3) is 6.43 Å². The number of rotatable bonds is 5. The van der Waals surface area contributed by atoms with Crippen LogP contribution in [0.2, 0.25) is 0 Å². The maximum Gasteiger partial charge on any atom is 0.266 e. The summed E-state index contributed by atoms with van der Waals surface area (Å²) in [5, 5.41) is 4.18. The molecular formula is C20H13F3N4O. The highest BCUT2D eigenvalue weighted by atomic mass is 19.3. The van der Waals surface area contributed by atoms with Crippen molar-refractivity contribution in [2.45, 2.75) is 13.0 Å². The Bertz CT molecular complexity index is 1160. The second-order valence-corrected chi connectivity index (χ2v) is 6.11. The topological polar surface area (TPSA) is 60.7 Å². The summed E-state index contributed by atoms with van der Waals surface area (Å²) in [7, 11) is 0. The van der Waals surface area contributed by atoms with Crippen LogP contribution < -0.4 is 0 Å². The van der Waals surface area contributed by atoms with Crippen molar-refractivity contribution in [2.75, 3.05) is 0 Å². The van der Waals surface area contributed by atoms with Crippen LogP contribution in [0.5, 0.6) is 0 Å². The maximum atomic E-state index is 13.6. The fourth-order valence-electron chi connectivity index (χ4n) is 2.88. The van der Waals surface area contributed by atoms with Crippen molar-refractivity contribution in [2.24, 2.45) is 0 Å². The number of alkyl halides is 2. The zero-order chi connectivity index (χ0) is 19.7. The van der Waals surface area contributed by atoms with E-state index in [1.165, 1.54) is 29.3 Å². The van der Waals surface area contributed by atoms with Crippen LogP contribution in [-0.2, 0) is 6.54 Å². The normalized spacial score (nSPS) is 11.3. The van der Waals surface area contributed by atoms with Gasteiger partial charge in [-0.05, 0) is 35.9 Å². The van der Waals surface area contributed by atoms with Crippen LogP contribution in [0.3, 0.4) is 0 Å². The van der Waals surface area contributed by atoms with Gasteiger partial charge in [-0.2, -0.15) is 5.10 Å². The Kier molecular flexibility index (Phi) is 4.60. The Labute approximate surface area is 157 Å². The summed E-state index contributed by atoms with van der Waals surface area (Å²) in [5.74, 6) is -1.18. The first kappa shape index (κ1) is 17.8. The molecule has 0 N–H and O–H groups in total. The Hall–Kier alpha value is -3.55. The number of carbonyl (C=O) groups excluding carboxylic acids is 1. The minimum atomic E-state index is -2.92. The predicted octanol–water partition coefficient (Wildman–Crippen LogP) is 4.45. The summed E-state index contributed by atoms with van der Waals surface area (Å²) in [6, 6.07) is 10.2. The smallest absolute Gasteiger partial charge is 0.266 e. The maximum absolute atomic E-state index is 13.6. The van der Waals surface area contributed by atoms with Crippen LogP contribution in [0.1, 0.15) is 22.5 Å². The van der Waals surface area contributed by atoms with E-state index in [-0.39, 0.29) is 12.3 Å². The van der Waals surface area contributed by atoms with Gasteiger partial charge in [0.2, 0.25) is 5.78 Å². The third-order valence-electron chi connectivity index (χ3n) is 4.30. The molecule has 0 aliphatic rings. The lowest BCUT2D eigenvalue weighted by Gasteiger charge is -2.07. The first-order valence-corrected chi connectivity index (χ1v) is 8.36. The van der Waals surface area contributed by atoms with Crippen molar-refractivity contribution >= 4 is 16.8 Å². The number of halogens is 3. The lowest BCUT2D eigenvalue weighted by molar-refractivity contribution is 0.0964. The van der Waals surface area contributed by atoms with Crippen LogP contribution in [-0.4, -0.2) is 25.5 Å². The number of carbonyl (C=O) groups is 1. The highest BCUT2D eigenvalue weighted by Gasteiger charge is 2.16. The molecule has 1 aromatic carbocycles. The summed E-state index contributed by atoms with van der Waals surface area (Å²) in [6.07, 6.45) is 1.62. The highest BCUT2D eigenvalue weighted by Crippen LogP contribution is 2.29. The monoisotopic (exact) mass is 382 g/mol. The molecule has 4 aromatic rings. The largest absolute Gasteiger partial charge is 0.290 e. The first-order valence-electron chi connectivity index (χ1n) is 8.36. The van der Waals surface area contributed by atoms with Crippen molar-refractivity contribution in [3.63, 3.8) is 0 Å². The molecule has 0 amide bonds. The molecule has 0 fully saturated rings. The second kappa shape index (κ2) is 7.22. The number of pyridine rings is 2. The molecule has 3 aromatic heterocycles. The summed E-state index contributed by atoms with van der Waals surface area (Å²) in [6.45, 7) is -0.0443. The van der Waals surface area contributed by atoms with Gasteiger partial charge in [-0.1, -0.05) is 12.1 Å². The number of Topliss-reactive ketones (excluding diaryl/α,β-unsaturated/α-hetero) is 1. The van der Waals surface area contributed by atoms with Crippen molar-refractivity contribution in [1.82, 2.24) is 19.7 Å². The van der Waals surface area contributed by atoms with Gasteiger partial charge in [0, 0.05) is 18.0 Å². The molecule has 8 heteroatoms. The van der Waals surface area contributed by atoms with Crippen LogP contribution in [0.4, 0.5) is 13.2 Å². The van der Waals surface area contributed by atoms with Gasteiger partial charge in [0.05, 0.1) is 17.3 Å². The van der Waals surface area contributed by atoms with E-state index in [9.17, 15) is 18.0 Å². The second-order valence-electron chi connectivity index (χ2n) is 6.11. The third-order valence-corrected chi connectivity index (χ3v) is 4.30. The van der Waals surface area contributed by atoms with E-state index in [1.807, 2.05) is 0 Å². The number of benzene rings is 1. The van der Waals surface area contributed by atoms with E-state index in [2.05, 4.69) is 15.1 Å². The average Bonchev–Trinajstić information content (AvgIpc) is 3.11. The van der Waals surface area contributed by atoms with E-state index in [4.69, 9.17) is 0 Å². The fourth-order valence-corrected chi connectivity index (χ4v) is 2.88. The van der Waals surface area contributed by atoms with E-state index in [1.54, 1.807) is 24.3 Å². The number of nitrogens with zero attached hydrogens (tertiary/aromatic N) is 4. The molecule has 0 bridgehead atoms. The molecule has 0 saturated heterocycles. The predicted molar refractivity (Wildman–Crippen MR) is 96.4 cm³/mol. The quantitative estimate of drug-likeness (QED) is 0.479. The van der Waals surface area contributed by atoms with Crippen molar-refractivity contribution < 1.29 is 18.0 Å². The molecule has 28 heavy (non-hydrogen) atoms. The van der Waals surface area contributed by atoms with E-state index in [0.29, 0.717) is 27.9 Å². The highest BCUT2D eigenvalue weighted by molar-refractivity contribution is 5.94. The van der Waals surface area contributed by atoms with Crippen LogP contribution in [0.25, 0.3) is 22.2 Å². The van der Waals surface area contributed by atoms with Gasteiger partial charge in [-0.3, -0.25) is 19.4 Å². The van der Waals surface area contributed by atoms with Gasteiger partial charge in [0.1, 0.15) is 23.6 Å². The summed E-state index contributed by atoms with van der Waals surface area (Å²) in [5.41, 5.74) is 1.67. The van der Waals surface area contributed by atoms with E-state index in [0.717, 1.165) is 12.1 Å². The van der Waals surface area contributed by atoms with Gasteiger partial charge >= 0.3 is 0 Å². The SMILES string of the molecule is O=C(Cn1ncc2ncc(-c3ccc(F)c(C(F)F)c3)cc21)c1ccccn1. The molecular weight excluding hydrogens is 369 g/mol. The molecule has 5 nitrogen and oxygen atoms in total. The van der Waals surface area contributed by atoms with Crippen LogP contribution in [0, 0.1) is 5.82 Å². The first-order chi connectivity index (χ1) is 13.5. The molecule has 0 unspecified atom stereocenters. The number of ketones is 1. The third kappa shape index (κ3) is 3.36. The number of hydrogen-bond donors (Lipinski definition) is 0. The van der Waals surface area contributed by atoms with Gasteiger partial charge in [-0.15, -0.1) is 0 Å². The zero-order valence-corrected chi connectivity index (χ0v) is 14.4. The Morgan fingerprint density at radius 1 is 1.04 bits per heavy atom. The van der Waals surface area contributed by atoms with E-state index >= 15 is 0 Å². The molecule has 0 radical (unpaired) electrons. The Morgan fingerprint density at radius 2 is 1.89 bits per heavy atom. The fraction of sp³-hybridized carbons (Fsp3) is 0.100. The van der Waals surface area contributed by atoms with E-state index < -0.39 is 17.8 Å². The summed E-state index contributed by atoms with van der Waals surface area (Å²) < 4.78 is 41.0. The standard InChI is InChI=1S/C20H13F3N4O/c21-15-5-4-12(7-14(15)20(22)23)13-8-18-17(25-9-13)10-26-27(18)11-19(28)16-3-1-2-6-24-16/h1-10,20H,11H2. The molecule has 0 saturated carbocycles. The Balaban J connectivity index is 1.71. The number of fused-ring (bicyclic) bond motifs is 1. The molecule has 0 aliphatic heterocycles. The molecule has 4 rings (SSSR count). The van der Waals surface area contributed by atoms with Crippen LogP contribution >= 0.6 is 0 Å². The van der Waals surface area contributed by atoms with Crippen molar-refractivity contribution in [3.8, 4) is 11.1 Å². The van der Waals surface area contributed by atoms with Gasteiger partial charge in [0.15, 0.2) is 0 Å².